The minimum absolute atomic E-state index is 0.384. The maximum Gasteiger partial charge on any atom is 0.414 e. The number of carboxylic acids is 2. The Labute approximate surface area is 168 Å². The third-order valence-corrected chi connectivity index (χ3v) is 4.56. The number of carbonyl (C=O) groups is 4. The Bertz CT molecular complexity index is 826. The van der Waals surface area contributed by atoms with Gasteiger partial charge >= 0.3 is 24.0 Å². The van der Waals surface area contributed by atoms with Crippen LogP contribution in [0.15, 0.2) is 18.2 Å². The van der Waals surface area contributed by atoms with E-state index in [0.29, 0.717) is 24.2 Å². The number of carbonyl (C=O) groups excluding carboxylic acids is 2. The van der Waals surface area contributed by atoms with E-state index in [2.05, 4.69) is 4.74 Å². The zero-order chi connectivity index (χ0) is 21.9. The van der Waals surface area contributed by atoms with Crippen LogP contribution in [0.25, 0.3) is 0 Å². The third kappa shape index (κ3) is 5.24. The van der Waals surface area contributed by atoms with Crippen molar-refractivity contribution in [3.8, 4) is 0 Å². The molecule has 1 heterocycles. The predicted molar refractivity (Wildman–Crippen MR) is 102 cm³/mol. The number of anilines is 1. The highest BCUT2D eigenvalue weighted by molar-refractivity contribution is 5.96. The molecule has 2 N–H and O–H groups in total. The number of fused-ring (bicyclic) bond motifs is 1. The lowest BCUT2D eigenvalue weighted by Crippen LogP contribution is -2.35. The lowest BCUT2D eigenvalue weighted by atomic mass is 9.82. The SMILES string of the molecule is COC(=O)C(C(=O)O)C(CC(=O)O)c1ccc2c(c1)CCN2C(=O)OC(C)(C)C. The van der Waals surface area contributed by atoms with Gasteiger partial charge in [0.15, 0.2) is 5.92 Å². The molecule has 2 unspecified atom stereocenters. The summed E-state index contributed by atoms with van der Waals surface area (Å²) in [5.74, 6) is -6.48. The highest BCUT2D eigenvalue weighted by atomic mass is 16.6. The number of amides is 1. The number of hydrogen-bond donors (Lipinski definition) is 2. The standard InChI is InChI=1S/C20H25NO8/c1-20(2,3)29-19(27)21-8-7-12-9-11(5-6-14(12)21)13(10-15(22)23)16(17(24)25)18(26)28-4/h5-6,9,13,16H,7-8,10H2,1-4H3,(H,22,23)(H,24,25). The van der Waals surface area contributed by atoms with Crippen molar-refractivity contribution in [1.82, 2.24) is 0 Å². The third-order valence-electron chi connectivity index (χ3n) is 4.56. The summed E-state index contributed by atoms with van der Waals surface area (Å²) in [6.07, 6.45) is -0.553. The van der Waals surface area contributed by atoms with Crippen LogP contribution in [0.2, 0.25) is 0 Å². The monoisotopic (exact) mass is 407 g/mol. The fraction of sp³-hybridized carbons (Fsp3) is 0.500. The van der Waals surface area contributed by atoms with Crippen molar-refractivity contribution in [3.63, 3.8) is 0 Å². The van der Waals surface area contributed by atoms with Crippen LogP contribution in [-0.2, 0) is 30.3 Å². The Hall–Kier alpha value is -3.10. The van der Waals surface area contributed by atoms with Gasteiger partial charge in [0.25, 0.3) is 0 Å². The average molecular weight is 407 g/mol. The first kappa shape index (κ1) is 22.2. The average Bonchev–Trinajstić information content (AvgIpc) is 3.02. The molecule has 1 aliphatic heterocycles. The Balaban J connectivity index is 2.39. The van der Waals surface area contributed by atoms with Crippen LogP contribution in [-0.4, -0.2) is 53.5 Å². The normalized spacial score (nSPS) is 15.2. The second-order valence-electron chi connectivity index (χ2n) is 7.81. The number of aliphatic carboxylic acids is 2. The molecule has 0 aromatic heterocycles. The second kappa shape index (κ2) is 8.50. The van der Waals surface area contributed by atoms with Gasteiger partial charge in [-0.3, -0.25) is 19.3 Å². The van der Waals surface area contributed by atoms with Crippen LogP contribution < -0.4 is 4.90 Å². The van der Waals surface area contributed by atoms with Crippen LogP contribution in [0.3, 0.4) is 0 Å². The van der Waals surface area contributed by atoms with Crippen molar-refractivity contribution in [1.29, 1.82) is 0 Å². The van der Waals surface area contributed by atoms with Crippen molar-refractivity contribution in [3.05, 3.63) is 29.3 Å². The number of nitrogens with zero attached hydrogens (tertiary/aromatic N) is 1. The van der Waals surface area contributed by atoms with E-state index in [-0.39, 0.29) is 0 Å². The second-order valence-corrected chi connectivity index (χ2v) is 7.81. The summed E-state index contributed by atoms with van der Waals surface area (Å²) < 4.78 is 9.96. The maximum atomic E-state index is 12.4. The summed E-state index contributed by atoms with van der Waals surface area (Å²) in [5.41, 5.74) is 1.09. The molecular weight excluding hydrogens is 382 g/mol. The van der Waals surface area contributed by atoms with Crippen molar-refractivity contribution >= 4 is 29.7 Å². The maximum absolute atomic E-state index is 12.4. The number of rotatable bonds is 6. The minimum Gasteiger partial charge on any atom is -0.481 e. The van der Waals surface area contributed by atoms with Crippen molar-refractivity contribution in [2.45, 2.75) is 45.1 Å². The number of hydrogen-bond acceptors (Lipinski definition) is 6. The highest BCUT2D eigenvalue weighted by Crippen LogP contribution is 2.36. The quantitative estimate of drug-likeness (QED) is 0.543. The van der Waals surface area contributed by atoms with E-state index in [9.17, 15) is 29.4 Å². The zero-order valence-corrected chi connectivity index (χ0v) is 16.8. The molecule has 2 atom stereocenters. The summed E-state index contributed by atoms with van der Waals surface area (Å²) in [6.45, 7) is 5.68. The van der Waals surface area contributed by atoms with Crippen molar-refractivity contribution in [2.75, 3.05) is 18.6 Å². The van der Waals surface area contributed by atoms with Crippen LogP contribution in [0.4, 0.5) is 10.5 Å². The molecule has 1 amide bonds. The van der Waals surface area contributed by atoms with E-state index in [1.54, 1.807) is 32.9 Å². The van der Waals surface area contributed by atoms with Crippen LogP contribution >= 0.6 is 0 Å². The van der Waals surface area contributed by atoms with Gasteiger partial charge < -0.3 is 19.7 Å². The van der Waals surface area contributed by atoms with Gasteiger partial charge in [0, 0.05) is 12.5 Å². The highest BCUT2D eigenvalue weighted by Gasteiger charge is 2.39. The summed E-state index contributed by atoms with van der Waals surface area (Å²) in [4.78, 5) is 48.8. The summed E-state index contributed by atoms with van der Waals surface area (Å²) in [5, 5.41) is 18.7. The fourth-order valence-electron chi connectivity index (χ4n) is 3.34. The van der Waals surface area contributed by atoms with Crippen molar-refractivity contribution < 1.29 is 38.9 Å². The molecule has 0 saturated carbocycles. The van der Waals surface area contributed by atoms with E-state index in [1.807, 2.05) is 0 Å². The first-order chi connectivity index (χ1) is 13.4. The summed E-state index contributed by atoms with van der Waals surface area (Å²) >= 11 is 0. The number of benzene rings is 1. The summed E-state index contributed by atoms with van der Waals surface area (Å²) in [6, 6.07) is 4.80. The van der Waals surface area contributed by atoms with Gasteiger partial charge in [0.05, 0.1) is 19.2 Å². The molecule has 0 saturated heterocycles. The van der Waals surface area contributed by atoms with Gasteiger partial charge in [-0.05, 0) is 44.4 Å². The number of esters is 1. The zero-order valence-electron chi connectivity index (χ0n) is 16.8. The fourth-order valence-corrected chi connectivity index (χ4v) is 3.34. The lowest BCUT2D eigenvalue weighted by Gasteiger charge is -2.25. The molecule has 1 aliphatic rings. The molecule has 2 rings (SSSR count). The van der Waals surface area contributed by atoms with E-state index in [4.69, 9.17) is 4.74 Å². The molecule has 29 heavy (non-hydrogen) atoms. The van der Waals surface area contributed by atoms with E-state index >= 15 is 0 Å². The molecule has 158 valence electrons. The van der Waals surface area contributed by atoms with Gasteiger partial charge in [-0.1, -0.05) is 12.1 Å². The predicted octanol–water partition coefficient (Wildman–Crippen LogP) is 2.42. The molecular formula is C20H25NO8. The molecule has 0 fully saturated rings. The minimum atomic E-state index is -1.66. The molecule has 9 heteroatoms. The number of ether oxygens (including phenoxy) is 2. The Morgan fingerprint density at radius 1 is 1.17 bits per heavy atom. The molecule has 0 radical (unpaired) electrons. The molecule has 9 nitrogen and oxygen atoms in total. The number of carboxylic acid groups (broad SMARTS) is 2. The largest absolute Gasteiger partial charge is 0.481 e. The van der Waals surface area contributed by atoms with Gasteiger partial charge in [0.1, 0.15) is 5.60 Å². The molecule has 1 aromatic rings. The van der Waals surface area contributed by atoms with Crippen molar-refractivity contribution in [2.24, 2.45) is 5.92 Å². The van der Waals surface area contributed by atoms with Gasteiger partial charge in [-0.2, -0.15) is 0 Å². The first-order valence-corrected chi connectivity index (χ1v) is 9.10. The molecule has 0 spiro atoms. The van der Waals surface area contributed by atoms with Gasteiger partial charge in [-0.25, -0.2) is 4.79 Å². The molecule has 1 aromatic carbocycles. The van der Waals surface area contributed by atoms with Crippen LogP contribution in [0, 0.1) is 5.92 Å². The Morgan fingerprint density at radius 2 is 1.83 bits per heavy atom. The Kier molecular flexibility index (Phi) is 6.51. The first-order valence-electron chi connectivity index (χ1n) is 9.10. The van der Waals surface area contributed by atoms with Gasteiger partial charge in [0.2, 0.25) is 0 Å². The van der Waals surface area contributed by atoms with Crippen LogP contribution in [0.5, 0.6) is 0 Å². The molecule has 0 aliphatic carbocycles. The van der Waals surface area contributed by atoms with E-state index in [1.165, 1.54) is 11.0 Å². The van der Waals surface area contributed by atoms with Crippen LogP contribution in [0.1, 0.15) is 44.2 Å². The Morgan fingerprint density at radius 3 is 2.34 bits per heavy atom. The van der Waals surface area contributed by atoms with Gasteiger partial charge in [-0.15, -0.1) is 0 Å². The number of methoxy groups -OCH3 is 1. The van der Waals surface area contributed by atoms with E-state index in [0.717, 1.165) is 12.7 Å². The van der Waals surface area contributed by atoms with E-state index < -0.39 is 47.9 Å². The lowest BCUT2D eigenvalue weighted by molar-refractivity contribution is -0.158. The topological polar surface area (TPSA) is 130 Å². The summed E-state index contributed by atoms with van der Waals surface area (Å²) in [7, 11) is 1.05. The smallest absolute Gasteiger partial charge is 0.414 e. The molecule has 0 bridgehead atoms.